The Morgan fingerprint density at radius 1 is 1.29 bits per heavy atom. The van der Waals surface area contributed by atoms with E-state index in [9.17, 15) is 9.90 Å². The highest BCUT2D eigenvalue weighted by molar-refractivity contribution is 9.10. The van der Waals surface area contributed by atoms with Crippen LogP contribution in [0.4, 0.5) is 11.5 Å². The molecule has 0 saturated heterocycles. The summed E-state index contributed by atoms with van der Waals surface area (Å²) in [5.74, 6) is -0.253. The molecule has 0 aliphatic rings. The fourth-order valence-electron chi connectivity index (χ4n) is 1.85. The molecule has 0 amide bonds. The van der Waals surface area contributed by atoms with Crippen LogP contribution in [0, 0.1) is 6.92 Å². The quantitative estimate of drug-likeness (QED) is 0.839. The Kier molecular flexibility index (Phi) is 4.63. The van der Waals surface area contributed by atoms with E-state index in [4.69, 9.17) is 0 Å². The molecular formula is C16H17BrN2O2. The molecule has 0 aliphatic carbocycles. The predicted octanol–water partition coefficient (Wildman–Crippen LogP) is 4.72. The molecule has 1 heterocycles. The number of hydrogen-bond acceptors (Lipinski definition) is 3. The zero-order chi connectivity index (χ0) is 15.6. The molecule has 5 heteroatoms. The first-order valence-electron chi connectivity index (χ1n) is 6.65. The van der Waals surface area contributed by atoms with Gasteiger partial charge >= 0.3 is 5.97 Å². The van der Waals surface area contributed by atoms with Crippen molar-refractivity contribution in [3.05, 3.63) is 51.6 Å². The lowest BCUT2D eigenvalue weighted by atomic mass is 10.1. The molecule has 0 fully saturated rings. The molecule has 2 rings (SSSR count). The van der Waals surface area contributed by atoms with Gasteiger partial charge in [-0.25, -0.2) is 9.78 Å². The summed E-state index contributed by atoms with van der Waals surface area (Å²) < 4.78 is 0.992. The van der Waals surface area contributed by atoms with Crippen molar-refractivity contribution in [2.75, 3.05) is 5.32 Å². The molecule has 0 radical (unpaired) electrons. The summed E-state index contributed by atoms with van der Waals surface area (Å²) in [4.78, 5) is 15.7. The number of hydrogen-bond donors (Lipinski definition) is 2. The summed E-state index contributed by atoms with van der Waals surface area (Å²) in [6.07, 6.45) is 0. The van der Waals surface area contributed by atoms with Gasteiger partial charge in [0.05, 0.1) is 5.56 Å². The zero-order valence-electron chi connectivity index (χ0n) is 12.1. The van der Waals surface area contributed by atoms with Crippen molar-refractivity contribution < 1.29 is 9.90 Å². The summed E-state index contributed by atoms with van der Waals surface area (Å²) in [6, 6.07) is 9.02. The maximum absolute atomic E-state index is 11.2. The lowest BCUT2D eigenvalue weighted by molar-refractivity contribution is 0.0696. The normalized spacial score (nSPS) is 10.7. The van der Waals surface area contributed by atoms with Crippen LogP contribution in [0.5, 0.6) is 0 Å². The number of carboxylic acid groups (broad SMARTS) is 1. The summed E-state index contributed by atoms with van der Waals surface area (Å²) in [5, 5.41) is 12.4. The van der Waals surface area contributed by atoms with Crippen LogP contribution < -0.4 is 5.32 Å². The Labute approximate surface area is 132 Å². The van der Waals surface area contributed by atoms with Crippen LogP contribution in [-0.2, 0) is 0 Å². The number of carbonyl (C=O) groups is 1. The molecule has 0 bridgehead atoms. The molecule has 2 N–H and O–H groups in total. The Morgan fingerprint density at radius 2 is 2.00 bits per heavy atom. The summed E-state index contributed by atoms with van der Waals surface area (Å²) in [7, 11) is 0. The van der Waals surface area contributed by atoms with Crippen LogP contribution in [0.15, 0.2) is 34.8 Å². The third kappa shape index (κ3) is 3.82. The maximum atomic E-state index is 11.2. The van der Waals surface area contributed by atoms with Crippen molar-refractivity contribution in [3.8, 4) is 0 Å². The average molecular weight is 349 g/mol. The van der Waals surface area contributed by atoms with Crippen LogP contribution >= 0.6 is 15.9 Å². The fraction of sp³-hybridized carbons (Fsp3) is 0.250. The van der Waals surface area contributed by atoms with E-state index >= 15 is 0 Å². The van der Waals surface area contributed by atoms with Gasteiger partial charge in [0.1, 0.15) is 5.82 Å². The van der Waals surface area contributed by atoms with Crippen LogP contribution in [0.25, 0.3) is 0 Å². The molecule has 0 atom stereocenters. The minimum Gasteiger partial charge on any atom is -0.478 e. The Hall–Kier alpha value is -1.88. The van der Waals surface area contributed by atoms with Crippen molar-refractivity contribution in [3.63, 3.8) is 0 Å². The van der Waals surface area contributed by atoms with Gasteiger partial charge in [0, 0.05) is 15.9 Å². The number of aromatic carboxylic acids is 1. The largest absolute Gasteiger partial charge is 0.478 e. The van der Waals surface area contributed by atoms with Gasteiger partial charge in [-0.1, -0.05) is 35.8 Å². The molecule has 2 aromatic rings. The number of carboxylic acids is 1. The van der Waals surface area contributed by atoms with Crippen LogP contribution in [-0.4, -0.2) is 16.1 Å². The number of pyridine rings is 1. The van der Waals surface area contributed by atoms with Crippen LogP contribution in [0.1, 0.15) is 41.4 Å². The van der Waals surface area contributed by atoms with Crippen molar-refractivity contribution in [1.29, 1.82) is 0 Å². The van der Waals surface area contributed by atoms with E-state index in [1.54, 1.807) is 12.1 Å². The number of aryl methyl sites for hydroxylation is 1. The van der Waals surface area contributed by atoms with Crippen molar-refractivity contribution >= 4 is 33.4 Å². The fourth-order valence-corrected chi connectivity index (χ4v) is 2.23. The first-order chi connectivity index (χ1) is 9.86. The van der Waals surface area contributed by atoms with Gasteiger partial charge in [0.25, 0.3) is 0 Å². The van der Waals surface area contributed by atoms with Gasteiger partial charge in [0.15, 0.2) is 0 Å². The van der Waals surface area contributed by atoms with E-state index in [0.717, 1.165) is 21.4 Å². The SMILES string of the molecule is Cc1ccc(Nc2cc(C(=O)O)cc(C(C)C)n2)cc1Br. The second kappa shape index (κ2) is 6.26. The smallest absolute Gasteiger partial charge is 0.335 e. The second-order valence-electron chi connectivity index (χ2n) is 5.21. The molecule has 0 saturated carbocycles. The van der Waals surface area contributed by atoms with E-state index in [-0.39, 0.29) is 11.5 Å². The maximum Gasteiger partial charge on any atom is 0.335 e. The molecule has 1 aromatic carbocycles. The molecule has 1 aromatic heterocycles. The monoisotopic (exact) mass is 348 g/mol. The minimum atomic E-state index is -0.951. The van der Waals surface area contributed by atoms with Crippen molar-refractivity contribution in [1.82, 2.24) is 4.98 Å². The van der Waals surface area contributed by atoms with E-state index < -0.39 is 5.97 Å². The highest BCUT2D eigenvalue weighted by atomic mass is 79.9. The Morgan fingerprint density at radius 3 is 2.57 bits per heavy atom. The van der Waals surface area contributed by atoms with E-state index in [0.29, 0.717) is 5.82 Å². The number of aromatic nitrogens is 1. The third-order valence-corrected chi connectivity index (χ3v) is 3.98. The topological polar surface area (TPSA) is 62.2 Å². The van der Waals surface area contributed by atoms with Crippen molar-refractivity contribution in [2.24, 2.45) is 0 Å². The summed E-state index contributed by atoms with van der Waals surface area (Å²) >= 11 is 3.48. The number of benzene rings is 1. The molecule has 0 spiro atoms. The molecule has 110 valence electrons. The summed E-state index contributed by atoms with van der Waals surface area (Å²) in [5.41, 5.74) is 2.99. The van der Waals surface area contributed by atoms with Gasteiger partial charge in [0.2, 0.25) is 0 Å². The molecule has 0 unspecified atom stereocenters. The highest BCUT2D eigenvalue weighted by Crippen LogP contribution is 2.24. The van der Waals surface area contributed by atoms with Gasteiger partial charge < -0.3 is 10.4 Å². The van der Waals surface area contributed by atoms with Crippen LogP contribution in [0.2, 0.25) is 0 Å². The van der Waals surface area contributed by atoms with Crippen LogP contribution in [0.3, 0.4) is 0 Å². The number of rotatable bonds is 4. The molecule has 0 aliphatic heterocycles. The molecule has 4 nitrogen and oxygen atoms in total. The first kappa shape index (κ1) is 15.5. The molecular weight excluding hydrogens is 332 g/mol. The average Bonchev–Trinajstić information content (AvgIpc) is 2.42. The lowest BCUT2D eigenvalue weighted by Crippen LogP contribution is -2.04. The highest BCUT2D eigenvalue weighted by Gasteiger charge is 2.11. The minimum absolute atomic E-state index is 0.162. The Bertz CT molecular complexity index is 684. The predicted molar refractivity (Wildman–Crippen MR) is 87.4 cm³/mol. The van der Waals surface area contributed by atoms with Gasteiger partial charge in [-0.2, -0.15) is 0 Å². The number of nitrogens with zero attached hydrogens (tertiary/aromatic N) is 1. The van der Waals surface area contributed by atoms with E-state index in [2.05, 4.69) is 26.2 Å². The zero-order valence-corrected chi connectivity index (χ0v) is 13.7. The standard InChI is InChI=1S/C16H17BrN2O2/c1-9(2)14-6-11(16(20)21)7-15(19-14)18-12-5-4-10(3)13(17)8-12/h4-9H,1-3H3,(H,18,19)(H,20,21). The van der Waals surface area contributed by atoms with E-state index in [1.807, 2.05) is 39.0 Å². The summed E-state index contributed by atoms with van der Waals surface area (Å²) in [6.45, 7) is 5.98. The number of nitrogens with one attached hydrogen (secondary N) is 1. The van der Waals surface area contributed by atoms with Gasteiger partial charge in [-0.15, -0.1) is 0 Å². The second-order valence-corrected chi connectivity index (χ2v) is 6.07. The van der Waals surface area contributed by atoms with Crippen molar-refractivity contribution in [2.45, 2.75) is 26.7 Å². The number of halogens is 1. The van der Waals surface area contributed by atoms with E-state index in [1.165, 1.54) is 0 Å². The van der Waals surface area contributed by atoms with Gasteiger partial charge in [-0.05, 0) is 42.7 Å². The Balaban J connectivity index is 2.38. The number of anilines is 2. The third-order valence-electron chi connectivity index (χ3n) is 3.13. The lowest BCUT2D eigenvalue weighted by Gasteiger charge is -2.12. The van der Waals surface area contributed by atoms with Gasteiger partial charge in [-0.3, -0.25) is 0 Å². The molecule has 21 heavy (non-hydrogen) atoms. The first-order valence-corrected chi connectivity index (χ1v) is 7.44.